The fraction of sp³-hybridized carbons (Fsp3) is 0.842. The second kappa shape index (κ2) is 8.12. The summed E-state index contributed by atoms with van der Waals surface area (Å²) in [6.07, 6.45) is -4.76. The predicted octanol–water partition coefficient (Wildman–Crippen LogP) is 2.06. The van der Waals surface area contributed by atoms with Crippen LogP contribution in [-0.4, -0.2) is 53.7 Å². The molecule has 176 valence electrons. The topological polar surface area (TPSA) is 115 Å². The summed E-state index contributed by atoms with van der Waals surface area (Å²) in [7, 11) is 0. The highest BCUT2D eigenvalue weighted by molar-refractivity contribution is 5.89. The van der Waals surface area contributed by atoms with Crippen LogP contribution in [0.1, 0.15) is 59.3 Å². The fourth-order valence-electron chi connectivity index (χ4n) is 4.07. The highest BCUT2D eigenvalue weighted by atomic mass is 19.4. The highest BCUT2D eigenvalue weighted by Gasteiger charge is 2.55. The van der Waals surface area contributed by atoms with Gasteiger partial charge in [-0.25, -0.2) is 4.79 Å². The van der Waals surface area contributed by atoms with E-state index in [9.17, 15) is 27.6 Å². The van der Waals surface area contributed by atoms with Gasteiger partial charge in [0.15, 0.2) is 0 Å². The van der Waals surface area contributed by atoms with E-state index in [1.165, 1.54) is 0 Å². The van der Waals surface area contributed by atoms with Gasteiger partial charge in [0.1, 0.15) is 11.2 Å². The first-order valence-corrected chi connectivity index (χ1v) is 10.2. The number of amides is 3. The molecule has 0 aromatic heterocycles. The molecule has 0 spiro atoms. The van der Waals surface area contributed by atoms with E-state index in [0.29, 0.717) is 25.7 Å². The van der Waals surface area contributed by atoms with Crippen molar-refractivity contribution in [2.24, 2.45) is 5.92 Å². The summed E-state index contributed by atoms with van der Waals surface area (Å²) in [5, 5.41) is 2.85. The lowest BCUT2D eigenvalue weighted by Crippen LogP contribution is -2.68. The first-order valence-electron chi connectivity index (χ1n) is 10.2. The molecule has 0 atom stereocenters. The normalized spacial score (nSPS) is 32.6. The van der Waals surface area contributed by atoms with Crippen molar-refractivity contribution in [3.63, 3.8) is 0 Å². The molecule has 2 aliphatic carbocycles. The summed E-state index contributed by atoms with van der Waals surface area (Å²) in [5.41, 5.74) is 2.23. The summed E-state index contributed by atoms with van der Waals surface area (Å²) < 4.78 is 51.4. The second-order valence-corrected chi connectivity index (χ2v) is 9.49. The monoisotopic (exact) mass is 451 g/mol. The van der Waals surface area contributed by atoms with Crippen LogP contribution in [0.2, 0.25) is 0 Å². The molecular formula is C19H28F3N3O6. The van der Waals surface area contributed by atoms with Crippen LogP contribution in [0.25, 0.3) is 0 Å². The standard InChI is InChI=1S/C19H28F3N3O6/c1-16(2,3)31-15(28)23-17-4-6-18(7-5-17,29-10-17)14(27)25-24-13(26)11-8-12(9-11)30-19(20,21)22/h11-12H,4-10H2,1-3H3,(H,23,28)(H,24,26)(H,25,27)/t11-,12+,17?,18?. The molecule has 4 fully saturated rings. The number of hydrogen-bond donors (Lipinski definition) is 3. The van der Waals surface area contributed by atoms with Crippen molar-refractivity contribution in [1.82, 2.24) is 16.2 Å². The minimum Gasteiger partial charge on any atom is -0.444 e. The Morgan fingerprint density at radius 1 is 1.00 bits per heavy atom. The van der Waals surface area contributed by atoms with Crippen molar-refractivity contribution in [2.75, 3.05) is 6.61 Å². The molecule has 3 amide bonds. The number of halogens is 3. The Hall–Kier alpha value is -2.08. The zero-order chi connectivity index (χ0) is 23.1. The lowest BCUT2D eigenvalue weighted by atomic mass is 9.71. The number of carbonyl (C=O) groups is 3. The molecule has 3 N–H and O–H groups in total. The van der Waals surface area contributed by atoms with E-state index in [1.807, 2.05) is 0 Å². The molecule has 0 radical (unpaired) electrons. The maximum absolute atomic E-state index is 12.6. The lowest BCUT2D eigenvalue weighted by molar-refractivity contribution is -0.353. The number of carbonyl (C=O) groups excluding carboxylic acids is 3. The Morgan fingerprint density at radius 2 is 1.61 bits per heavy atom. The zero-order valence-electron chi connectivity index (χ0n) is 17.7. The number of fused-ring (bicyclic) bond motifs is 3. The van der Waals surface area contributed by atoms with Gasteiger partial charge in [0.05, 0.1) is 18.2 Å². The molecule has 4 rings (SSSR count). The van der Waals surface area contributed by atoms with E-state index in [2.05, 4.69) is 20.9 Å². The highest BCUT2D eigenvalue weighted by Crippen LogP contribution is 2.44. The molecule has 31 heavy (non-hydrogen) atoms. The van der Waals surface area contributed by atoms with E-state index in [0.717, 1.165) is 0 Å². The minimum absolute atomic E-state index is 0.0677. The Bertz CT molecular complexity index is 706. The molecule has 4 aliphatic rings. The van der Waals surface area contributed by atoms with Crippen LogP contribution in [-0.2, 0) is 23.8 Å². The third-order valence-corrected chi connectivity index (χ3v) is 5.88. The fourth-order valence-corrected chi connectivity index (χ4v) is 4.07. The van der Waals surface area contributed by atoms with Gasteiger partial charge >= 0.3 is 12.5 Å². The first kappa shape index (κ1) is 23.6. The number of nitrogens with one attached hydrogen (secondary N) is 3. The van der Waals surface area contributed by atoms with Gasteiger partial charge in [-0.3, -0.25) is 25.2 Å². The number of hydrazine groups is 1. The summed E-state index contributed by atoms with van der Waals surface area (Å²) in [4.78, 5) is 36.8. The van der Waals surface area contributed by atoms with Crippen LogP contribution in [0.3, 0.4) is 0 Å². The SMILES string of the molecule is CC(C)(C)OC(=O)NC12CCC(C(=O)NNC(=O)[C@H]3C[C@@H](OC(F)(F)F)C3)(CC1)OC2. The maximum atomic E-state index is 12.6. The van der Waals surface area contributed by atoms with Gasteiger partial charge in [-0.1, -0.05) is 0 Å². The second-order valence-electron chi connectivity index (χ2n) is 9.49. The molecule has 0 aromatic rings. The van der Waals surface area contributed by atoms with Crippen LogP contribution in [0.4, 0.5) is 18.0 Å². The summed E-state index contributed by atoms with van der Waals surface area (Å²) in [6, 6.07) is 0. The van der Waals surface area contributed by atoms with Crippen molar-refractivity contribution in [1.29, 1.82) is 0 Å². The van der Waals surface area contributed by atoms with Crippen LogP contribution in [0, 0.1) is 5.92 Å². The maximum Gasteiger partial charge on any atom is 0.522 e. The van der Waals surface area contributed by atoms with E-state index in [1.54, 1.807) is 20.8 Å². The Labute approximate surface area is 177 Å². The molecule has 2 saturated carbocycles. The minimum atomic E-state index is -4.73. The van der Waals surface area contributed by atoms with Crippen molar-refractivity contribution in [2.45, 2.75) is 88.5 Å². The average Bonchev–Trinajstić information content (AvgIpc) is 2.61. The van der Waals surface area contributed by atoms with Crippen molar-refractivity contribution < 1.29 is 41.8 Å². The molecule has 2 saturated heterocycles. The van der Waals surface area contributed by atoms with Crippen molar-refractivity contribution in [3.8, 4) is 0 Å². The summed E-state index contributed by atoms with van der Waals surface area (Å²) >= 11 is 0. The molecule has 2 bridgehead atoms. The first-order chi connectivity index (χ1) is 14.2. The van der Waals surface area contributed by atoms with E-state index >= 15 is 0 Å². The summed E-state index contributed by atoms with van der Waals surface area (Å²) in [6.45, 7) is 5.42. The number of ether oxygens (including phenoxy) is 3. The van der Waals surface area contributed by atoms with E-state index < -0.39 is 53.0 Å². The molecule has 12 heteroatoms. The Balaban J connectivity index is 1.43. The number of alkyl carbamates (subject to hydrolysis) is 1. The van der Waals surface area contributed by atoms with Gasteiger partial charge < -0.3 is 14.8 Å². The molecular weight excluding hydrogens is 423 g/mol. The smallest absolute Gasteiger partial charge is 0.444 e. The van der Waals surface area contributed by atoms with Crippen LogP contribution in [0.15, 0.2) is 0 Å². The van der Waals surface area contributed by atoms with Gasteiger partial charge in [0.2, 0.25) is 5.91 Å². The van der Waals surface area contributed by atoms with Gasteiger partial charge in [0.25, 0.3) is 5.91 Å². The molecule has 2 aliphatic heterocycles. The van der Waals surface area contributed by atoms with Gasteiger partial charge in [0, 0.05) is 5.92 Å². The summed E-state index contributed by atoms with van der Waals surface area (Å²) in [5.74, 6) is -1.75. The van der Waals surface area contributed by atoms with Gasteiger partial charge in [-0.15, -0.1) is 13.2 Å². The average molecular weight is 451 g/mol. The predicted molar refractivity (Wildman–Crippen MR) is 99.2 cm³/mol. The lowest BCUT2D eigenvalue weighted by Gasteiger charge is -2.51. The third-order valence-electron chi connectivity index (χ3n) is 5.88. The number of alkyl halides is 3. The molecule has 0 aromatic carbocycles. The zero-order valence-corrected chi connectivity index (χ0v) is 17.7. The quantitative estimate of drug-likeness (QED) is 0.564. The number of hydrogen-bond acceptors (Lipinski definition) is 6. The van der Waals surface area contributed by atoms with Crippen LogP contribution in [0.5, 0.6) is 0 Å². The van der Waals surface area contributed by atoms with Gasteiger partial charge in [-0.2, -0.15) is 0 Å². The van der Waals surface area contributed by atoms with Crippen molar-refractivity contribution in [3.05, 3.63) is 0 Å². The third kappa shape index (κ3) is 5.79. The Kier molecular flexibility index (Phi) is 6.18. The van der Waals surface area contributed by atoms with Crippen LogP contribution >= 0.6 is 0 Å². The van der Waals surface area contributed by atoms with E-state index in [-0.39, 0.29) is 19.4 Å². The molecule has 2 heterocycles. The van der Waals surface area contributed by atoms with Crippen LogP contribution < -0.4 is 16.2 Å². The molecule has 9 nitrogen and oxygen atoms in total. The largest absolute Gasteiger partial charge is 0.522 e. The van der Waals surface area contributed by atoms with Crippen molar-refractivity contribution >= 4 is 17.9 Å². The number of rotatable bonds is 4. The van der Waals surface area contributed by atoms with Gasteiger partial charge in [-0.05, 0) is 59.3 Å². The van der Waals surface area contributed by atoms with E-state index in [4.69, 9.17) is 9.47 Å². The molecule has 0 unspecified atom stereocenters. The Morgan fingerprint density at radius 3 is 2.10 bits per heavy atom.